The maximum atomic E-state index is 5.63. The van der Waals surface area contributed by atoms with E-state index in [1.54, 1.807) is 0 Å². The predicted octanol–water partition coefficient (Wildman–Crippen LogP) is 3.96. The van der Waals surface area contributed by atoms with Crippen LogP contribution in [0.5, 0.6) is 0 Å². The van der Waals surface area contributed by atoms with Gasteiger partial charge in [-0.3, -0.25) is 0 Å². The van der Waals surface area contributed by atoms with Crippen LogP contribution in [0.25, 0.3) is 0 Å². The smallest absolute Gasteiger partial charge is 0.0716 e. The van der Waals surface area contributed by atoms with E-state index in [1.807, 2.05) is 6.07 Å². The van der Waals surface area contributed by atoms with Gasteiger partial charge in [0.25, 0.3) is 0 Å². The van der Waals surface area contributed by atoms with E-state index in [2.05, 4.69) is 33.2 Å². The van der Waals surface area contributed by atoms with E-state index in [9.17, 15) is 0 Å². The first-order chi connectivity index (χ1) is 7.93. The van der Waals surface area contributed by atoms with Crippen molar-refractivity contribution < 1.29 is 4.74 Å². The molecule has 1 aromatic rings. The average molecular weight is 257 g/mol. The zero-order valence-corrected chi connectivity index (χ0v) is 12.4. The number of hydrogen-bond acceptors (Lipinski definition) is 1. The molecule has 0 aliphatic heterocycles. The lowest BCUT2D eigenvalue weighted by Gasteiger charge is -2.04. The largest absolute Gasteiger partial charge is 0.377 e. The van der Waals surface area contributed by atoms with Crippen LogP contribution in [-0.2, 0) is 11.3 Å². The van der Waals surface area contributed by atoms with Gasteiger partial charge in [-0.25, -0.2) is 0 Å². The lowest BCUT2D eigenvalue weighted by atomic mass is 10.2. The van der Waals surface area contributed by atoms with Gasteiger partial charge in [-0.2, -0.15) is 0 Å². The molecule has 0 saturated heterocycles. The molecule has 0 radical (unpaired) electrons. The summed E-state index contributed by atoms with van der Waals surface area (Å²) in [5.41, 5.74) is 1.27. The fraction of sp³-hybridized carbons (Fsp3) is 0.538. The van der Waals surface area contributed by atoms with Crippen molar-refractivity contribution in [3.63, 3.8) is 0 Å². The van der Waals surface area contributed by atoms with Crippen LogP contribution in [-0.4, -0.2) is 12.8 Å². The summed E-state index contributed by atoms with van der Waals surface area (Å²) in [5, 5.41) is 0. The molecule has 1 nitrogen and oxygen atoms in total. The molecule has 0 amide bonds. The van der Waals surface area contributed by atoms with Crippen LogP contribution in [0.4, 0.5) is 0 Å². The van der Waals surface area contributed by atoms with Crippen molar-refractivity contribution in [1.29, 1.82) is 0 Å². The summed E-state index contributed by atoms with van der Waals surface area (Å²) >= 11 is 0. The van der Waals surface area contributed by atoms with Gasteiger partial charge in [0.15, 0.2) is 0 Å². The van der Waals surface area contributed by atoms with Crippen molar-refractivity contribution in [1.82, 2.24) is 0 Å². The molecule has 3 heteroatoms. The Bertz CT molecular complexity index is 251. The third kappa shape index (κ3) is 7.34. The first-order valence-electron chi connectivity index (χ1n) is 6.05. The summed E-state index contributed by atoms with van der Waals surface area (Å²) in [6.07, 6.45) is 6.73. The van der Waals surface area contributed by atoms with Gasteiger partial charge >= 0.3 is 0 Å². The van der Waals surface area contributed by atoms with E-state index in [0.29, 0.717) is 0 Å². The second-order valence-electron chi connectivity index (χ2n) is 3.95. The number of hydrogen-bond donors (Lipinski definition) is 0. The number of rotatable bonds is 9. The fourth-order valence-electron chi connectivity index (χ4n) is 1.57. The molecule has 0 aromatic heterocycles. The first-order valence-corrected chi connectivity index (χ1v) is 9.58. The van der Waals surface area contributed by atoms with E-state index < -0.39 is 0 Å². The maximum absolute atomic E-state index is 5.63. The monoisotopic (exact) mass is 257 g/mol. The highest BCUT2D eigenvalue weighted by Crippen LogP contribution is 2.21. The van der Waals surface area contributed by atoms with Crippen molar-refractivity contribution in [2.45, 2.75) is 32.3 Å². The van der Waals surface area contributed by atoms with E-state index >= 15 is 0 Å². The SMILES string of the molecule is [PH3+]PCCCCCCOCc1ccccc1. The summed E-state index contributed by atoms with van der Waals surface area (Å²) in [5.74, 6) is 0. The number of benzene rings is 1. The Kier molecular flexibility index (Phi) is 9.00. The van der Waals surface area contributed by atoms with Gasteiger partial charge in [0.05, 0.1) is 6.61 Å². The summed E-state index contributed by atoms with van der Waals surface area (Å²) in [4.78, 5) is 0. The lowest BCUT2D eigenvalue weighted by molar-refractivity contribution is 0.117. The third-order valence-electron chi connectivity index (χ3n) is 2.50. The predicted molar refractivity (Wildman–Crippen MR) is 78.9 cm³/mol. The van der Waals surface area contributed by atoms with Crippen molar-refractivity contribution in [2.75, 3.05) is 12.8 Å². The van der Waals surface area contributed by atoms with Crippen molar-refractivity contribution in [3.05, 3.63) is 35.9 Å². The quantitative estimate of drug-likeness (QED) is 0.480. The minimum atomic E-state index is 0.762. The molecular formula is C13H23OP2+. The molecule has 16 heavy (non-hydrogen) atoms. The molecule has 2 atom stereocenters. The van der Waals surface area contributed by atoms with Crippen molar-refractivity contribution >= 4 is 17.2 Å². The van der Waals surface area contributed by atoms with Gasteiger partial charge in [0.2, 0.25) is 0 Å². The fourth-order valence-corrected chi connectivity index (χ4v) is 2.82. The standard InChI is InChI=1S/C13H22OP2/c15-16-11-7-2-1-6-10-14-12-13-8-4-3-5-9-13/h3-5,8-9,16H,1-2,6-7,10-12,15H2/p+1. The molecule has 1 rings (SSSR count). The topological polar surface area (TPSA) is 9.23 Å². The van der Waals surface area contributed by atoms with Gasteiger partial charge in [-0.15, -0.1) is 0 Å². The Hall–Kier alpha value is 0.0400. The summed E-state index contributed by atoms with van der Waals surface area (Å²) < 4.78 is 5.63. The average Bonchev–Trinajstić information content (AvgIpc) is 2.34. The highest BCUT2D eigenvalue weighted by molar-refractivity contribution is 8.02. The van der Waals surface area contributed by atoms with Crippen LogP contribution in [0.1, 0.15) is 31.2 Å². The zero-order valence-electron chi connectivity index (χ0n) is 9.95. The van der Waals surface area contributed by atoms with Crippen LogP contribution >= 0.6 is 17.2 Å². The van der Waals surface area contributed by atoms with Crippen molar-refractivity contribution in [2.24, 2.45) is 0 Å². The Morgan fingerprint density at radius 3 is 2.50 bits per heavy atom. The first kappa shape index (κ1) is 14.1. The van der Waals surface area contributed by atoms with Crippen LogP contribution in [0.3, 0.4) is 0 Å². The molecule has 90 valence electrons. The molecular weight excluding hydrogens is 234 g/mol. The van der Waals surface area contributed by atoms with E-state index in [0.717, 1.165) is 21.5 Å². The second-order valence-corrected chi connectivity index (χ2v) is 6.45. The van der Waals surface area contributed by atoms with Crippen molar-refractivity contribution in [3.8, 4) is 0 Å². The molecule has 0 N–H and O–H groups in total. The zero-order chi connectivity index (χ0) is 11.5. The minimum absolute atomic E-state index is 0.762. The molecule has 0 aliphatic carbocycles. The van der Waals surface area contributed by atoms with Crippen LogP contribution in [0.2, 0.25) is 0 Å². The minimum Gasteiger partial charge on any atom is -0.377 e. The molecule has 0 spiro atoms. The number of unbranched alkanes of at least 4 members (excludes halogenated alkanes) is 3. The normalized spacial score (nSPS) is 11.5. The van der Waals surface area contributed by atoms with E-state index in [-0.39, 0.29) is 0 Å². The molecule has 0 saturated carbocycles. The molecule has 2 unspecified atom stereocenters. The molecule has 0 heterocycles. The second kappa shape index (κ2) is 10.2. The van der Waals surface area contributed by atoms with Gasteiger partial charge in [-0.1, -0.05) is 43.2 Å². The molecule has 0 aliphatic rings. The van der Waals surface area contributed by atoms with Gasteiger partial charge in [-0.05, 0) is 33.5 Å². The highest BCUT2D eigenvalue weighted by Gasteiger charge is 1.93. The van der Waals surface area contributed by atoms with Crippen LogP contribution in [0.15, 0.2) is 30.3 Å². The summed E-state index contributed by atoms with van der Waals surface area (Å²) in [6.45, 7) is 1.67. The lowest BCUT2D eigenvalue weighted by Crippen LogP contribution is -1.95. The summed E-state index contributed by atoms with van der Waals surface area (Å²) in [6, 6.07) is 10.4. The van der Waals surface area contributed by atoms with Gasteiger partial charge in [0, 0.05) is 14.9 Å². The Balaban J connectivity index is 1.89. The molecule has 0 bridgehead atoms. The highest BCUT2D eigenvalue weighted by atomic mass is 32.0. The van der Waals surface area contributed by atoms with E-state index in [1.165, 1.54) is 37.4 Å². The maximum Gasteiger partial charge on any atom is 0.0716 e. The molecule has 1 aromatic carbocycles. The van der Waals surface area contributed by atoms with E-state index in [4.69, 9.17) is 4.74 Å². The van der Waals surface area contributed by atoms with Crippen LogP contribution < -0.4 is 0 Å². The Morgan fingerprint density at radius 1 is 1.00 bits per heavy atom. The summed E-state index contributed by atoms with van der Waals surface area (Å²) in [7, 11) is 3.25. The van der Waals surface area contributed by atoms with Crippen LogP contribution in [0, 0.1) is 0 Å². The van der Waals surface area contributed by atoms with Gasteiger partial charge in [0.1, 0.15) is 0 Å². The third-order valence-corrected chi connectivity index (χ3v) is 4.27. The van der Waals surface area contributed by atoms with Gasteiger partial charge < -0.3 is 4.74 Å². The molecule has 0 fully saturated rings. The Labute approximate surface area is 103 Å². The Morgan fingerprint density at radius 2 is 1.75 bits per heavy atom. The number of ether oxygens (including phenoxy) is 1.